The number of aromatic nitrogens is 4. The lowest BCUT2D eigenvalue weighted by Gasteiger charge is -2.05. The lowest BCUT2D eigenvalue weighted by atomic mass is 10.1. The predicted octanol–water partition coefficient (Wildman–Crippen LogP) is 1.43. The van der Waals surface area contributed by atoms with Crippen LogP contribution >= 0.6 is 0 Å². The third kappa shape index (κ3) is 1.52. The highest BCUT2D eigenvalue weighted by Gasteiger charge is 2.11. The van der Waals surface area contributed by atoms with E-state index in [1.807, 2.05) is 29.6 Å². The van der Waals surface area contributed by atoms with Gasteiger partial charge in [0.05, 0.1) is 35.1 Å². The van der Waals surface area contributed by atoms with Crippen molar-refractivity contribution in [3.63, 3.8) is 0 Å². The number of rotatable bonds is 2. The average Bonchev–Trinajstić information content (AvgIpc) is 2.93. The number of hydrogen-bond acceptors (Lipinski definition) is 3. The molecule has 5 nitrogen and oxygen atoms in total. The van der Waals surface area contributed by atoms with Gasteiger partial charge in [-0.15, -0.1) is 0 Å². The number of nitrogens with two attached hydrogens (primary N) is 1. The molecular formula is C13H15N5. The average molecular weight is 241 g/mol. The van der Waals surface area contributed by atoms with Crippen LogP contribution in [0.15, 0.2) is 30.9 Å². The van der Waals surface area contributed by atoms with Crippen LogP contribution in [0.25, 0.3) is 22.3 Å². The number of hydrogen-bond donors (Lipinski definition) is 1. The lowest BCUT2D eigenvalue weighted by molar-refractivity contribution is 0.920. The Kier molecular flexibility index (Phi) is 2.41. The Bertz CT molecular complexity index is 707. The molecule has 0 atom stereocenters. The lowest BCUT2D eigenvalue weighted by Crippen LogP contribution is -2.00. The first kappa shape index (κ1) is 11.0. The number of aryl methyl sites for hydroxylation is 2. The molecule has 0 saturated carbocycles. The molecule has 0 unspecified atom stereocenters. The molecule has 0 fully saturated rings. The molecule has 0 aliphatic heterocycles. The third-order valence-electron chi connectivity index (χ3n) is 3.21. The molecule has 0 aliphatic carbocycles. The largest absolute Gasteiger partial charge is 0.334 e. The Balaban J connectivity index is 2.22. The van der Waals surface area contributed by atoms with Gasteiger partial charge in [-0.2, -0.15) is 0 Å². The van der Waals surface area contributed by atoms with Crippen LogP contribution in [0.3, 0.4) is 0 Å². The molecule has 2 aromatic heterocycles. The van der Waals surface area contributed by atoms with Crippen molar-refractivity contribution >= 4 is 11.0 Å². The second-order valence-corrected chi connectivity index (χ2v) is 4.41. The molecule has 92 valence electrons. The fourth-order valence-electron chi connectivity index (χ4n) is 2.28. The highest BCUT2D eigenvalue weighted by atomic mass is 15.0. The number of fused-ring (bicyclic) bond motifs is 1. The van der Waals surface area contributed by atoms with E-state index < -0.39 is 0 Å². The minimum Gasteiger partial charge on any atom is -0.334 e. The molecule has 3 aromatic rings. The van der Waals surface area contributed by atoms with Crippen molar-refractivity contribution in [3.05, 3.63) is 36.5 Å². The van der Waals surface area contributed by atoms with Crippen molar-refractivity contribution in [1.29, 1.82) is 0 Å². The zero-order chi connectivity index (χ0) is 12.7. The monoisotopic (exact) mass is 241 g/mol. The summed E-state index contributed by atoms with van der Waals surface area (Å²) in [6.45, 7) is 0.441. The first-order chi connectivity index (χ1) is 8.70. The molecule has 2 N–H and O–H groups in total. The Morgan fingerprint density at radius 3 is 2.67 bits per heavy atom. The second kappa shape index (κ2) is 3.96. The summed E-state index contributed by atoms with van der Waals surface area (Å²) in [5, 5.41) is 0. The van der Waals surface area contributed by atoms with E-state index >= 15 is 0 Å². The van der Waals surface area contributed by atoms with Crippen LogP contribution in [0.5, 0.6) is 0 Å². The first-order valence-electron chi connectivity index (χ1n) is 5.82. The van der Waals surface area contributed by atoms with Crippen LogP contribution in [0.2, 0.25) is 0 Å². The number of imidazole rings is 2. The molecule has 5 heteroatoms. The number of nitrogens with zero attached hydrogens (tertiary/aromatic N) is 4. The van der Waals surface area contributed by atoms with Gasteiger partial charge in [0.2, 0.25) is 0 Å². The van der Waals surface area contributed by atoms with Gasteiger partial charge < -0.3 is 14.9 Å². The Morgan fingerprint density at radius 2 is 1.89 bits per heavy atom. The van der Waals surface area contributed by atoms with Crippen LogP contribution < -0.4 is 5.73 Å². The summed E-state index contributed by atoms with van der Waals surface area (Å²) in [4.78, 5) is 8.68. The number of benzene rings is 1. The van der Waals surface area contributed by atoms with Crippen molar-refractivity contribution in [3.8, 4) is 11.3 Å². The second-order valence-electron chi connectivity index (χ2n) is 4.41. The van der Waals surface area contributed by atoms with E-state index in [0.29, 0.717) is 6.54 Å². The first-order valence-corrected chi connectivity index (χ1v) is 5.82. The normalized spacial score (nSPS) is 11.3. The van der Waals surface area contributed by atoms with Crippen molar-refractivity contribution in [2.45, 2.75) is 6.54 Å². The Hall–Kier alpha value is -2.14. The Labute approximate surface area is 105 Å². The minimum absolute atomic E-state index is 0.441. The van der Waals surface area contributed by atoms with Crippen molar-refractivity contribution < 1.29 is 0 Å². The molecule has 0 aliphatic rings. The summed E-state index contributed by atoms with van der Waals surface area (Å²) < 4.78 is 4.00. The highest BCUT2D eigenvalue weighted by molar-refractivity contribution is 5.81. The van der Waals surface area contributed by atoms with E-state index in [9.17, 15) is 0 Å². The van der Waals surface area contributed by atoms with Crippen molar-refractivity contribution in [2.24, 2.45) is 19.8 Å². The SMILES string of the molecule is Cn1cnc(CN)c1-c1ccc2c(c1)ncn2C. The van der Waals surface area contributed by atoms with Crippen LogP contribution in [-0.4, -0.2) is 19.1 Å². The van der Waals surface area contributed by atoms with Gasteiger partial charge in [0.15, 0.2) is 0 Å². The molecule has 0 amide bonds. The molecule has 0 bridgehead atoms. The molecule has 18 heavy (non-hydrogen) atoms. The van der Waals surface area contributed by atoms with E-state index in [2.05, 4.69) is 28.2 Å². The standard InChI is InChI=1S/C13H15N5/c1-17-7-15-10-5-9(3-4-12(10)17)13-11(6-14)16-8-18(13)2/h3-5,7-8H,6,14H2,1-2H3. The van der Waals surface area contributed by atoms with Crippen LogP contribution in [0.4, 0.5) is 0 Å². The Morgan fingerprint density at radius 1 is 1.11 bits per heavy atom. The summed E-state index contributed by atoms with van der Waals surface area (Å²) in [7, 11) is 3.97. The van der Waals surface area contributed by atoms with Gasteiger partial charge in [-0.3, -0.25) is 0 Å². The quantitative estimate of drug-likeness (QED) is 0.738. The van der Waals surface area contributed by atoms with Crippen LogP contribution in [0, 0.1) is 0 Å². The summed E-state index contributed by atoms with van der Waals surface area (Å²) in [5.74, 6) is 0. The molecule has 0 saturated heterocycles. The maximum Gasteiger partial charge on any atom is 0.0955 e. The predicted molar refractivity (Wildman–Crippen MR) is 70.8 cm³/mol. The van der Waals surface area contributed by atoms with E-state index in [1.54, 1.807) is 6.33 Å². The van der Waals surface area contributed by atoms with Gasteiger partial charge in [-0.25, -0.2) is 9.97 Å². The summed E-state index contributed by atoms with van der Waals surface area (Å²) in [6, 6.07) is 6.23. The van der Waals surface area contributed by atoms with Gasteiger partial charge in [0.1, 0.15) is 0 Å². The van der Waals surface area contributed by atoms with E-state index in [1.165, 1.54) is 0 Å². The maximum absolute atomic E-state index is 5.72. The fraction of sp³-hybridized carbons (Fsp3) is 0.231. The van der Waals surface area contributed by atoms with Gasteiger partial charge in [-0.1, -0.05) is 6.07 Å². The van der Waals surface area contributed by atoms with Gasteiger partial charge in [-0.05, 0) is 12.1 Å². The van der Waals surface area contributed by atoms with E-state index in [4.69, 9.17) is 5.73 Å². The zero-order valence-electron chi connectivity index (χ0n) is 10.5. The highest BCUT2D eigenvalue weighted by Crippen LogP contribution is 2.25. The molecular weight excluding hydrogens is 226 g/mol. The molecule has 0 spiro atoms. The molecule has 1 aromatic carbocycles. The summed E-state index contributed by atoms with van der Waals surface area (Å²) in [6.07, 6.45) is 3.61. The molecule has 3 rings (SSSR count). The topological polar surface area (TPSA) is 61.7 Å². The third-order valence-corrected chi connectivity index (χ3v) is 3.21. The van der Waals surface area contributed by atoms with Crippen LogP contribution in [0.1, 0.15) is 5.69 Å². The fourth-order valence-corrected chi connectivity index (χ4v) is 2.28. The van der Waals surface area contributed by atoms with Gasteiger partial charge in [0, 0.05) is 26.2 Å². The smallest absolute Gasteiger partial charge is 0.0955 e. The van der Waals surface area contributed by atoms with Crippen LogP contribution in [-0.2, 0) is 20.6 Å². The summed E-state index contributed by atoms with van der Waals surface area (Å²) in [5.41, 5.74) is 10.9. The minimum atomic E-state index is 0.441. The van der Waals surface area contributed by atoms with E-state index in [0.717, 1.165) is 28.0 Å². The zero-order valence-corrected chi connectivity index (χ0v) is 10.5. The summed E-state index contributed by atoms with van der Waals surface area (Å²) >= 11 is 0. The van der Waals surface area contributed by atoms with Crippen molar-refractivity contribution in [1.82, 2.24) is 19.1 Å². The van der Waals surface area contributed by atoms with E-state index in [-0.39, 0.29) is 0 Å². The molecule has 0 radical (unpaired) electrons. The van der Waals surface area contributed by atoms with Gasteiger partial charge in [0.25, 0.3) is 0 Å². The molecule has 2 heterocycles. The maximum atomic E-state index is 5.72. The van der Waals surface area contributed by atoms with Gasteiger partial charge >= 0.3 is 0 Å². The van der Waals surface area contributed by atoms with Crippen molar-refractivity contribution in [2.75, 3.05) is 0 Å².